The number of nitrogens with zero attached hydrogens (tertiary/aromatic N) is 1. The van der Waals surface area contributed by atoms with Gasteiger partial charge in [-0.15, -0.1) is 11.3 Å². The van der Waals surface area contributed by atoms with Crippen LogP contribution in [0, 0.1) is 0 Å². The molecule has 1 heterocycles. The molecule has 0 spiro atoms. The van der Waals surface area contributed by atoms with Gasteiger partial charge in [0.15, 0.2) is 5.96 Å². The molecule has 1 aromatic heterocycles. The van der Waals surface area contributed by atoms with Crippen molar-refractivity contribution in [1.29, 1.82) is 0 Å². The average molecular weight is 331 g/mol. The van der Waals surface area contributed by atoms with Gasteiger partial charge < -0.3 is 15.4 Å². The molecule has 0 bridgehead atoms. The van der Waals surface area contributed by atoms with Crippen LogP contribution < -0.4 is 10.6 Å². The Morgan fingerprint density at radius 1 is 1.13 bits per heavy atom. The van der Waals surface area contributed by atoms with E-state index in [1.165, 1.54) is 16.0 Å². The van der Waals surface area contributed by atoms with E-state index >= 15 is 0 Å². The summed E-state index contributed by atoms with van der Waals surface area (Å²) >= 11 is 1.79. The van der Waals surface area contributed by atoms with Gasteiger partial charge in [-0.3, -0.25) is 4.99 Å². The minimum Gasteiger partial charge on any atom is -0.377 e. The van der Waals surface area contributed by atoms with Gasteiger partial charge in [-0.2, -0.15) is 0 Å². The fourth-order valence-corrected chi connectivity index (χ4v) is 2.95. The molecule has 0 saturated heterocycles. The molecule has 0 unspecified atom stereocenters. The van der Waals surface area contributed by atoms with Crippen LogP contribution in [0.2, 0.25) is 0 Å². The van der Waals surface area contributed by atoms with Crippen LogP contribution in [-0.2, 0) is 24.3 Å². The maximum atomic E-state index is 5.53. The molecule has 0 radical (unpaired) electrons. The molecule has 0 aliphatic carbocycles. The first-order valence-electron chi connectivity index (χ1n) is 7.95. The molecule has 4 nitrogen and oxygen atoms in total. The van der Waals surface area contributed by atoms with E-state index in [1.54, 1.807) is 18.4 Å². The number of benzene rings is 1. The minimum atomic E-state index is 0.652. The molecular weight excluding hydrogens is 306 g/mol. The second kappa shape index (κ2) is 10.0. The third-order valence-electron chi connectivity index (χ3n) is 3.49. The number of guanidine groups is 1. The fraction of sp³-hybridized carbons (Fsp3) is 0.389. The standard InChI is InChI=1S/C18H25N3OS/c1-3-22-14-16-8-5-4-7-15(16)13-21-18(19-2)20-11-10-17-9-6-12-23-17/h4-9,12H,3,10-11,13-14H2,1-2H3,(H2,19,20,21). The number of hydrogen-bond donors (Lipinski definition) is 2. The SMILES string of the molecule is CCOCc1ccccc1CNC(=NC)NCCc1cccs1. The Morgan fingerprint density at radius 3 is 2.65 bits per heavy atom. The van der Waals surface area contributed by atoms with Gasteiger partial charge in [0, 0.05) is 31.6 Å². The van der Waals surface area contributed by atoms with Crippen molar-refractivity contribution in [1.82, 2.24) is 10.6 Å². The van der Waals surface area contributed by atoms with Gasteiger partial charge >= 0.3 is 0 Å². The van der Waals surface area contributed by atoms with E-state index in [4.69, 9.17) is 4.74 Å². The number of thiophene rings is 1. The number of hydrogen-bond acceptors (Lipinski definition) is 3. The predicted molar refractivity (Wildman–Crippen MR) is 98.0 cm³/mol. The summed E-state index contributed by atoms with van der Waals surface area (Å²) in [6.45, 7) is 5.01. The number of rotatable bonds is 8. The lowest BCUT2D eigenvalue weighted by atomic mass is 10.1. The Bertz CT molecular complexity index is 596. The van der Waals surface area contributed by atoms with E-state index in [0.29, 0.717) is 6.61 Å². The van der Waals surface area contributed by atoms with Gasteiger partial charge in [0.2, 0.25) is 0 Å². The molecule has 1 aromatic carbocycles. The zero-order valence-electron chi connectivity index (χ0n) is 13.8. The highest BCUT2D eigenvalue weighted by Crippen LogP contribution is 2.10. The molecular formula is C18H25N3OS. The Balaban J connectivity index is 1.81. The van der Waals surface area contributed by atoms with Gasteiger partial charge in [-0.1, -0.05) is 30.3 Å². The van der Waals surface area contributed by atoms with E-state index in [2.05, 4.69) is 51.3 Å². The van der Waals surface area contributed by atoms with Crippen molar-refractivity contribution in [2.45, 2.75) is 26.5 Å². The van der Waals surface area contributed by atoms with Gasteiger partial charge in [-0.25, -0.2) is 0 Å². The fourth-order valence-electron chi connectivity index (χ4n) is 2.24. The van der Waals surface area contributed by atoms with Gasteiger partial charge in [0.1, 0.15) is 0 Å². The van der Waals surface area contributed by atoms with E-state index in [-0.39, 0.29) is 0 Å². The van der Waals surface area contributed by atoms with Crippen molar-refractivity contribution in [2.75, 3.05) is 20.2 Å². The molecule has 5 heteroatoms. The zero-order valence-corrected chi connectivity index (χ0v) is 14.7. The highest BCUT2D eigenvalue weighted by molar-refractivity contribution is 7.09. The third-order valence-corrected chi connectivity index (χ3v) is 4.43. The number of ether oxygens (including phenoxy) is 1. The smallest absolute Gasteiger partial charge is 0.191 e. The van der Waals surface area contributed by atoms with Crippen molar-refractivity contribution in [3.63, 3.8) is 0 Å². The van der Waals surface area contributed by atoms with E-state index < -0.39 is 0 Å². The monoisotopic (exact) mass is 331 g/mol. The van der Waals surface area contributed by atoms with E-state index in [9.17, 15) is 0 Å². The number of aliphatic imine (C=N–C) groups is 1. The van der Waals surface area contributed by atoms with Crippen LogP contribution in [0.5, 0.6) is 0 Å². The van der Waals surface area contributed by atoms with Crippen molar-refractivity contribution in [3.05, 3.63) is 57.8 Å². The maximum Gasteiger partial charge on any atom is 0.191 e. The van der Waals surface area contributed by atoms with Gasteiger partial charge in [-0.05, 0) is 35.9 Å². The summed E-state index contributed by atoms with van der Waals surface area (Å²) in [4.78, 5) is 5.66. The largest absolute Gasteiger partial charge is 0.377 e. The quantitative estimate of drug-likeness (QED) is 0.577. The molecule has 124 valence electrons. The van der Waals surface area contributed by atoms with Crippen LogP contribution in [-0.4, -0.2) is 26.2 Å². The summed E-state index contributed by atoms with van der Waals surface area (Å²) in [6.07, 6.45) is 1.01. The Hall–Kier alpha value is -1.85. The topological polar surface area (TPSA) is 45.6 Å². The van der Waals surface area contributed by atoms with Crippen molar-refractivity contribution < 1.29 is 4.74 Å². The van der Waals surface area contributed by atoms with Crippen LogP contribution >= 0.6 is 11.3 Å². The molecule has 2 rings (SSSR count). The van der Waals surface area contributed by atoms with Crippen LogP contribution in [0.1, 0.15) is 22.9 Å². The van der Waals surface area contributed by atoms with Gasteiger partial charge in [0.05, 0.1) is 6.61 Å². The highest BCUT2D eigenvalue weighted by atomic mass is 32.1. The van der Waals surface area contributed by atoms with Crippen LogP contribution in [0.4, 0.5) is 0 Å². The third kappa shape index (κ3) is 6.04. The summed E-state index contributed by atoms with van der Waals surface area (Å²) in [5.41, 5.74) is 2.46. The van der Waals surface area contributed by atoms with Crippen LogP contribution in [0.3, 0.4) is 0 Å². The summed E-state index contributed by atoms with van der Waals surface area (Å²) in [5, 5.41) is 8.83. The number of nitrogens with one attached hydrogen (secondary N) is 2. The van der Waals surface area contributed by atoms with Crippen molar-refractivity contribution in [3.8, 4) is 0 Å². The van der Waals surface area contributed by atoms with E-state index in [1.807, 2.05) is 13.0 Å². The minimum absolute atomic E-state index is 0.652. The second-order valence-electron chi connectivity index (χ2n) is 5.09. The first-order chi connectivity index (χ1) is 11.3. The normalized spacial score (nSPS) is 11.5. The molecule has 2 N–H and O–H groups in total. The predicted octanol–water partition coefficient (Wildman–Crippen LogP) is 3.19. The molecule has 0 aliphatic rings. The summed E-state index contributed by atoms with van der Waals surface area (Å²) in [7, 11) is 1.80. The Labute approximate surface area is 142 Å². The van der Waals surface area contributed by atoms with Crippen molar-refractivity contribution in [2.24, 2.45) is 4.99 Å². The molecule has 0 amide bonds. The lowest BCUT2D eigenvalue weighted by molar-refractivity contribution is 0.133. The first kappa shape index (κ1) is 17.5. The molecule has 23 heavy (non-hydrogen) atoms. The first-order valence-corrected chi connectivity index (χ1v) is 8.83. The molecule has 0 fully saturated rings. The lowest BCUT2D eigenvalue weighted by Gasteiger charge is -2.14. The molecule has 2 aromatic rings. The molecule has 0 atom stereocenters. The van der Waals surface area contributed by atoms with Crippen LogP contribution in [0.15, 0.2) is 46.8 Å². The summed E-state index contributed by atoms with van der Waals surface area (Å²) in [6, 6.07) is 12.6. The molecule has 0 aliphatic heterocycles. The highest BCUT2D eigenvalue weighted by Gasteiger charge is 2.03. The van der Waals surface area contributed by atoms with Crippen LogP contribution in [0.25, 0.3) is 0 Å². The Morgan fingerprint density at radius 2 is 1.96 bits per heavy atom. The summed E-state index contributed by atoms with van der Waals surface area (Å²) in [5.74, 6) is 0.827. The zero-order chi connectivity index (χ0) is 16.3. The van der Waals surface area contributed by atoms with E-state index in [0.717, 1.165) is 32.1 Å². The average Bonchev–Trinajstić information content (AvgIpc) is 3.10. The van der Waals surface area contributed by atoms with Gasteiger partial charge in [0.25, 0.3) is 0 Å². The summed E-state index contributed by atoms with van der Waals surface area (Å²) < 4.78 is 5.53. The maximum absolute atomic E-state index is 5.53. The lowest BCUT2D eigenvalue weighted by Crippen LogP contribution is -2.38. The Kier molecular flexibility index (Phi) is 7.63. The van der Waals surface area contributed by atoms with Crippen molar-refractivity contribution >= 4 is 17.3 Å². The molecule has 0 saturated carbocycles. The second-order valence-corrected chi connectivity index (χ2v) is 6.12.